The molecule has 1 saturated carbocycles. The van der Waals surface area contributed by atoms with Crippen LogP contribution in [0.1, 0.15) is 39.5 Å². The summed E-state index contributed by atoms with van der Waals surface area (Å²) >= 11 is 0. The monoisotopic (exact) mass is 236 g/mol. The second-order valence-electron chi connectivity index (χ2n) is 5.75. The molecule has 0 bridgehead atoms. The molecule has 3 nitrogen and oxygen atoms in total. The van der Waals surface area contributed by atoms with Gasteiger partial charge < -0.3 is 4.74 Å². The van der Waals surface area contributed by atoms with Crippen LogP contribution < -0.4 is 0 Å². The zero-order valence-electron chi connectivity index (χ0n) is 11.1. The van der Waals surface area contributed by atoms with Gasteiger partial charge in [0.15, 0.2) is 0 Å². The minimum atomic E-state index is 0.233. The summed E-state index contributed by atoms with van der Waals surface area (Å²) in [5, 5.41) is 9.31. The Labute approximate surface area is 105 Å². The lowest BCUT2D eigenvalue weighted by Gasteiger charge is -2.39. The van der Waals surface area contributed by atoms with Gasteiger partial charge >= 0.3 is 0 Å². The lowest BCUT2D eigenvalue weighted by molar-refractivity contribution is 0.0459. The predicted octanol–water partition coefficient (Wildman–Crippen LogP) is 2.43. The molecule has 0 N–H and O–H groups in total. The second-order valence-corrected chi connectivity index (χ2v) is 5.75. The molecule has 2 aliphatic rings. The molecule has 0 aromatic heterocycles. The second kappa shape index (κ2) is 5.84. The fraction of sp³-hybridized carbons (Fsp3) is 0.929. The summed E-state index contributed by atoms with van der Waals surface area (Å²) in [7, 11) is 0. The molecule has 4 unspecified atom stereocenters. The van der Waals surface area contributed by atoms with E-state index in [9.17, 15) is 5.26 Å². The number of rotatable bonds is 1. The van der Waals surface area contributed by atoms with Crippen LogP contribution in [0.25, 0.3) is 0 Å². The summed E-state index contributed by atoms with van der Waals surface area (Å²) in [6, 6.07) is 2.99. The van der Waals surface area contributed by atoms with Crippen LogP contribution in [-0.2, 0) is 4.74 Å². The highest BCUT2D eigenvalue weighted by atomic mass is 16.5. The molecular formula is C14H24N2O. The first-order valence-corrected chi connectivity index (χ1v) is 6.96. The van der Waals surface area contributed by atoms with Gasteiger partial charge in [-0.2, -0.15) is 5.26 Å². The predicted molar refractivity (Wildman–Crippen MR) is 67.5 cm³/mol. The van der Waals surface area contributed by atoms with Gasteiger partial charge in [0.05, 0.1) is 18.1 Å². The molecule has 1 aliphatic carbocycles. The third-order valence-corrected chi connectivity index (χ3v) is 4.20. The van der Waals surface area contributed by atoms with Gasteiger partial charge in [-0.05, 0) is 38.5 Å². The van der Waals surface area contributed by atoms with Crippen LogP contribution in [0.3, 0.4) is 0 Å². The van der Waals surface area contributed by atoms with Gasteiger partial charge in [-0.3, -0.25) is 4.90 Å². The molecule has 0 amide bonds. The minimum Gasteiger partial charge on any atom is -0.377 e. The minimum absolute atomic E-state index is 0.233. The fourth-order valence-electron chi connectivity index (χ4n) is 3.23. The van der Waals surface area contributed by atoms with E-state index < -0.39 is 0 Å². The first kappa shape index (κ1) is 12.9. The maximum atomic E-state index is 9.31. The van der Waals surface area contributed by atoms with E-state index >= 15 is 0 Å². The maximum Gasteiger partial charge on any atom is 0.0674 e. The van der Waals surface area contributed by atoms with E-state index in [1.807, 2.05) is 0 Å². The number of hydrogen-bond acceptors (Lipinski definition) is 3. The Bertz CT molecular complexity index is 286. The number of nitriles is 1. The highest BCUT2D eigenvalue weighted by Crippen LogP contribution is 2.32. The van der Waals surface area contributed by atoms with Crippen molar-refractivity contribution in [2.75, 3.05) is 19.7 Å². The van der Waals surface area contributed by atoms with Crippen LogP contribution in [0.2, 0.25) is 0 Å². The summed E-state index contributed by atoms with van der Waals surface area (Å²) in [6.07, 6.45) is 4.90. The largest absolute Gasteiger partial charge is 0.377 e. The molecule has 0 radical (unpaired) electrons. The molecule has 0 spiro atoms. The van der Waals surface area contributed by atoms with Gasteiger partial charge in [0.2, 0.25) is 0 Å². The standard InChI is InChI=1S/C14H24N2O/c1-11-4-5-13(9-15)14(8-11)16-6-3-7-17-12(2)10-16/h11-14H,3-8,10H2,1-2H3. The lowest BCUT2D eigenvalue weighted by atomic mass is 9.79. The van der Waals surface area contributed by atoms with Gasteiger partial charge in [-0.15, -0.1) is 0 Å². The molecule has 0 aromatic carbocycles. The molecule has 2 rings (SSSR count). The highest BCUT2D eigenvalue weighted by molar-refractivity contribution is 4.97. The van der Waals surface area contributed by atoms with Crippen LogP contribution in [-0.4, -0.2) is 36.7 Å². The zero-order valence-corrected chi connectivity index (χ0v) is 11.1. The van der Waals surface area contributed by atoms with Gasteiger partial charge in [-0.1, -0.05) is 6.92 Å². The molecule has 4 atom stereocenters. The van der Waals surface area contributed by atoms with Crippen LogP contribution in [0.4, 0.5) is 0 Å². The third kappa shape index (κ3) is 3.20. The summed E-state index contributed by atoms with van der Waals surface area (Å²) in [5.41, 5.74) is 0. The number of ether oxygens (including phenoxy) is 1. The maximum absolute atomic E-state index is 9.31. The first-order valence-electron chi connectivity index (χ1n) is 6.96. The van der Waals surface area contributed by atoms with Crippen molar-refractivity contribution in [1.82, 2.24) is 4.90 Å². The Balaban J connectivity index is 2.04. The molecule has 17 heavy (non-hydrogen) atoms. The van der Waals surface area contributed by atoms with Gasteiger partial charge in [0.1, 0.15) is 0 Å². The first-order chi connectivity index (χ1) is 8.20. The van der Waals surface area contributed by atoms with Crippen LogP contribution in [0, 0.1) is 23.2 Å². The van der Waals surface area contributed by atoms with Crippen molar-refractivity contribution in [1.29, 1.82) is 5.26 Å². The van der Waals surface area contributed by atoms with E-state index in [1.165, 1.54) is 12.8 Å². The van der Waals surface area contributed by atoms with E-state index in [0.29, 0.717) is 12.1 Å². The Kier molecular flexibility index (Phi) is 4.42. The smallest absolute Gasteiger partial charge is 0.0674 e. The summed E-state index contributed by atoms with van der Waals surface area (Å²) in [4.78, 5) is 2.52. The molecule has 96 valence electrons. The molecular weight excluding hydrogens is 212 g/mol. The molecule has 1 aliphatic heterocycles. The molecule has 2 fully saturated rings. The van der Waals surface area contributed by atoms with E-state index in [4.69, 9.17) is 4.74 Å². The van der Waals surface area contributed by atoms with E-state index in [1.54, 1.807) is 0 Å². The van der Waals surface area contributed by atoms with E-state index in [0.717, 1.165) is 38.5 Å². The van der Waals surface area contributed by atoms with Crippen molar-refractivity contribution in [2.24, 2.45) is 11.8 Å². The normalized spacial score (nSPS) is 40.5. The van der Waals surface area contributed by atoms with Gasteiger partial charge in [0.25, 0.3) is 0 Å². The quantitative estimate of drug-likeness (QED) is 0.701. The van der Waals surface area contributed by atoms with Crippen molar-refractivity contribution in [3.8, 4) is 6.07 Å². The topological polar surface area (TPSA) is 36.3 Å². The fourth-order valence-corrected chi connectivity index (χ4v) is 3.23. The van der Waals surface area contributed by atoms with Crippen molar-refractivity contribution in [2.45, 2.75) is 51.7 Å². The highest BCUT2D eigenvalue weighted by Gasteiger charge is 2.34. The Morgan fingerprint density at radius 3 is 2.88 bits per heavy atom. The van der Waals surface area contributed by atoms with Gasteiger partial charge in [-0.25, -0.2) is 0 Å². The van der Waals surface area contributed by atoms with Crippen molar-refractivity contribution in [3.05, 3.63) is 0 Å². The van der Waals surface area contributed by atoms with Crippen LogP contribution in [0.15, 0.2) is 0 Å². The van der Waals surface area contributed by atoms with Crippen molar-refractivity contribution in [3.63, 3.8) is 0 Å². The number of nitrogens with zero attached hydrogens (tertiary/aromatic N) is 2. The summed E-state index contributed by atoms with van der Waals surface area (Å²) in [6.45, 7) is 7.43. The molecule has 3 heteroatoms. The Morgan fingerprint density at radius 2 is 2.12 bits per heavy atom. The van der Waals surface area contributed by atoms with Crippen molar-refractivity contribution < 1.29 is 4.74 Å². The Morgan fingerprint density at radius 1 is 1.29 bits per heavy atom. The van der Waals surface area contributed by atoms with Crippen molar-refractivity contribution >= 4 is 0 Å². The van der Waals surface area contributed by atoms with E-state index in [2.05, 4.69) is 24.8 Å². The molecule has 1 heterocycles. The lowest BCUT2D eigenvalue weighted by Crippen LogP contribution is -2.46. The molecule has 1 saturated heterocycles. The van der Waals surface area contributed by atoms with Crippen LogP contribution >= 0.6 is 0 Å². The average Bonchev–Trinajstić information content (AvgIpc) is 2.54. The van der Waals surface area contributed by atoms with E-state index in [-0.39, 0.29) is 5.92 Å². The van der Waals surface area contributed by atoms with Gasteiger partial charge in [0, 0.05) is 25.7 Å². The molecule has 0 aromatic rings. The third-order valence-electron chi connectivity index (χ3n) is 4.20. The summed E-state index contributed by atoms with van der Waals surface area (Å²) in [5.74, 6) is 1.00. The number of hydrogen-bond donors (Lipinski definition) is 0. The zero-order chi connectivity index (χ0) is 12.3. The summed E-state index contributed by atoms with van der Waals surface area (Å²) < 4.78 is 5.70. The van der Waals surface area contributed by atoms with Crippen LogP contribution in [0.5, 0.6) is 0 Å². The Hall–Kier alpha value is -0.590. The average molecular weight is 236 g/mol. The SMILES string of the molecule is CC1CCC(C#N)C(N2CCCOC(C)C2)C1.